The molecule has 0 radical (unpaired) electrons. The molecule has 0 aliphatic carbocycles. The predicted molar refractivity (Wildman–Crippen MR) is 73.5 cm³/mol. The van der Waals surface area contributed by atoms with Crippen molar-refractivity contribution in [2.24, 2.45) is 0 Å². The van der Waals surface area contributed by atoms with Gasteiger partial charge in [0.2, 0.25) is 10.0 Å². The summed E-state index contributed by atoms with van der Waals surface area (Å²) in [4.78, 5) is 0.0000463. The van der Waals surface area contributed by atoms with Crippen LogP contribution < -0.4 is 10.5 Å². The van der Waals surface area contributed by atoms with E-state index in [1.165, 1.54) is 46.2 Å². The standard InChI is InChI=1S/C12H20N2O4S/c1-12(2,15)8-14(3)19(16,17)11-6-5-9(18-4)7-10(11)13/h5-7,15H,8,13H2,1-4H3. The fourth-order valence-electron chi connectivity index (χ4n) is 1.69. The second kappa shape index (κ2) is 5.36. The molecule has 108 valence electrons. The minimum Gasteiger partial charge on any atom is -0.497 e. The van der Waals surface area contributed by atoms with Crippen molar-refractivity contribution in [3.05, 3.63) is 18.2 Å². The van der Waals surface area contributed by atoms with Gasteiger partial charge in [-0.1, -0.05) is 0 Å². The van der Waals surface area contributed by atoms with Gasteiger partial charge in [-0.05, 0) is 26.0 Å². The van der Waals surface area contributed by atoms with Crippen LogP contribution in [-0.2, 0) is 10.0 Å². The summed E-state index contributed by atoms with van der Waals surface area (Å²) in [6.45, 7) is 3.05. The van der Waals surface area contributed by atoms with Gasteiger partial charge in [0.25, 0.3) is 0 Å². The summed E-state index contributed by atoms with van der Waals surface area (Å²) in [5.41, 5.74) is 4.73. The number of sulfonamides is 1. The van der Waals surface area contributed by atoms with E-state index in [9.17, 15) is 13.5 Å². The largest absolute Gasteiger partial charge is 0.497 e. The van der Waals surface area contributed by atoms with E-state index < -0.39 is 15.6 Å². The molecule has 19 heavy (non-hydrogen) atoms. The molecule has 0 saturated heterocycles. The van der Waals surface area contributed by atoms with E-state index in [0.717, 1.165) is 4.31 Å². The van der Waals surface area contributed by atoms with Crippen molar-refractivity contribution in [3.63, 3.8) is 0 Å². The van der Waals surface area contributed by atoms with Crippen molar-refractivity contribution >= 4 is 15.7 Å². The molecule has 3 N–H and O–H groups in total. The summed E-state index contributed by atoms with van der Waals surface area (Å²) >= 11 is 0. The third-order valence-electron chi connectivity index (χ3n) is 2.51. The Morgan fingerprint density at radius 3 is 2.42 bits per heavy atom. The molecular weight excluding hydrogens is 268 g/mol. The summed E-state index contributed by atoms with van der Waals surface area (Å²) in [5.74, 6) is 0.488. The molecule has 0 bridgehead atoms. The molecule has 1 aromatic carbocycles. The molecule has 0 spiro atoms. The van der Waals surface area contributed by atoms with Crippen LogP contribution in [-0.4, -0.2) is 44.1 Å². The van der Waals surface area contributed by atoms with Crippen LogP contribution in [0.4, 0.5) is 5.69 Å². The molecule has 0 aliphatic heterocycles. The fourth-order valence-corrected chi connectivity index (χ4v) is 3.10. The smallest absolute Gasteiger partial charge is 0.244 e. The highest BCUT2D eigenvalue weighted by atomic mass is 32.2. The zero-order valence-corrected chi connectivity index (χ0v) is 12.4. The number of benzene rings is 1. The van der Waals surface area contributed by atoms with E-state index in [-0.39, 0.29) is 17.1 Å². The molecule has 1 aromatic rings. The number of ether oxygens (including phenoxy) is 1. The lowest BCUT2D eigenvalue weighted by Crippen LogP contribution is -2.39. The normalized spacial score (nSPS) is 12.7. The number of nitrogens with two attached hydrogens (primary N) is 1. The van der Waals surface area contributed by atoms with Crippen molar-refractivity contribution in [3.8, 4) is 5.75 Å². The Labute approximate surface area is 113 Å². The Hall–Kier alpha value is -1.31. The highest BCUT2D eigenvalue weighted by molar-refractivity contribution is 7.89. The van der Waals surface area contributed by atoms with Crippen LogP contribution >= 0.6 is 0 Å². The predicted octanol–water partition coefficient (Wildman–Crippen LogP) is 0.669. The number of nitrogens with zero attached hydrogens (tertiary/aromatic N) is 1. The number of hydrogen-bond acceptors (Lipinski definition) is 5. The minimum absolute atomic E-state index is 0.0000463. The van der Waals surface area contributed by atoms with Gasteiger partial charge in [-0.3, -0.25) is 0 Å². The topological polar surface area (TPSA) is 92.9 Å². The van der Waals surface area contributed by atoms with Gasteiger partial charge in [0.05, 0.1) is 18.4 Å². The van der Waals surface area contributed by atoms with Gasteiger partial charge in [0.15, 0.2) is 0 Å². The molecule has 0 amide bonds. The summed E-state index contributed by atoms with van der Waals surface area (Å²) in [6.07, 6.45) is 0. The van der Waals surface area contributed by atoms with Crippen LogP contribution in [0.15, 0.2) is 23.1 Å². The molecule has 0 fully saturated rings. The van der Waals surface area contributed by atoms with Crippen LogP contribution in [0.25, 0.3) is 0 Å². The van der Waals surface area contributed by atoms with E-state index in [2.05, 4.69) is 0 Å². The summed E-state index contributed by atoms with van der Waals surface area (Å²) < 4.78 is 30.7. The van der Waals surface area contributed by atoms with Crippen molar-refractivity contribution in [1.29, 1.82) is 0 Å². The molecule has 1 rings (SSSR count). The van der Waals surface area contributed by atoms with Crippen LogP contribution in [0.2, 0.25) is 0 Å². The molecule has 0 saturated carbocycles. The second-order valence-electron chi connectivity index (χ2n) is 4.98. The summed E-state index contributed by atoms with van der Waals surface area (Å²) in [6, 6.07) is 4.37. The van der Waals surface area contributed by atoms with Crippen molar-refractivity contribution < 1.29 is 18.3 Å². The SMILES string of the molecule is COc1ccc(S(=O)(=O)N(C)CC(C)(C)O)c(N)c1. The number of hydrogen-bond donors (Lipinski definition) is 2. The first kappa shape index (κ1) is 15.7. The maximum Gasteiger partial charge on any atom is 0.244 e. The summed E-state index contributed by atoms with van der Waals surface area (Å²) in [7, 11) is -0.860. The van der Waals surface area contributed by atoms with Crippen LogP contribution in [0.5, 0.6) is 5.75 Å². The first-order valence-corrected chi connectivity index (χ1v) is 7.14. The van der Waals surface area contributed by atoms with E-state index >= 15 is 0 Å². The molecule has 0 aliphatic rings. The van der Waals surface area contributed by atoms with E-state index in [1.54, 1.807) is 0 Å². The highest BCUT2D eigenvalue weighted by Gasteiger charge is 2.28. The third-order valence-corrected chi connectivity index (χ3v) is 4.39. The number of aliphatic hydroxyl groups is 1. The molecule has 6 nitrogen and oxygen atoms in total. The molecular formula is C12H20N2O4S. The Balaban J connectivity index is 3.13. The number of rotatable bonds is 5. The lowest BCUT2D eigenvalue weighted by Gasteiger charge is -2.25. The molecule has 0 unspecified atom stereocenters. The van der Waals surface area contributed by atoms with Crippen molar-refractivity contribution in [2.75, 3.05) is 26.4 Å². The minimum atomic E-state index is -3.74. The second-order valence-corrected chi connectivity index (χ2v) is 6.99. The zero-order valence-electron chi connectivity index (χ0n) is 11.5. The number of likely N-dealkylation sites (N-methyl/N-ethyl adjacent to an activating group) is 1. The first-order valence-electron chi connectivity index (χ1n) is 5.70. The third kappa shape index (κ3) is 3.82. The Kier molecular flexibility index (Phi) is 4.44. The molecule has 0 aromatic heterocycles. The van der Waals surface area contributed by atoms with Crippen LogP contribution in [0.1, 0.15) is 13.8 Å². The number of nitrogen functional groups attached to an aromatic ring is 1. The van der Waals surface area contributed by atoms with Gasteiger partial charge >= 0.3 is 0 Å². The van der Waals surface area contributed by atoms with Crippen LogP contribution in [0, 0.1) is 0 Å². The van der Waals surface area contributed by atoms with Crippen molar-refractivity contribution in [2.45, 2.75) is 24.3 Å². The van der Waals surface area contributed by atoms with Gasteiger partial charge in [0, 0.05) is 19.7 Å². The van der Waals surface area contributed by atoms with Crippen LogP contribution in [0.3, 0.4) is 0 Å². The molecule has 7 heteroatoms. The Morgan fingerprint density at radius 1 is 1.42 bits per heavy atom. The van der Waals surface area contributed by atoms with Crippen molar-refractivity contribution in [1.82, 2.24) is 4.31 Å². The fraction of sp³-hybridized carbons (Fsp3) is 0.500. The van der Waals surface area contributed by atoms with Gasteiger partial charge in [0.1, 0.15) is 10.6 Å². The average molecular weight is 288 g/mol. The van der Waals surface area contributed by atoms with Gasteiger partial charge in [-0.2, -0.15) is 4.31 Å². The molecule has 0 atom stereocenters. The Morgan fingerprint density at radius 2 is 2.00 bits per heavy atom. The van der Waals surface area contributed by atoms with E-state index in [0.29, 0.717) is 5.75 Å². The van der Waals surface area contributed by atoms with E-state index in [4.69, 9.17) is 10.5 Å². The first-order chi connectivity index (χ1) is 8.58. The lowest BCUT2D eigenvalue weighted by atomic mass is 10.1. The quantitative estimate of drug-likeness (QED) is 0.777. The summed E-state index contributed by atoms with van der Waals surface area (Å²) in [5, 5.41) is 9.69. The van der Waals surface area contributed by atoms with Gasteiger partial charge < -0.3 is 15.6 Å². The van der Waals surface area contributed by atoms with Gasteiger partial charge in [-0.25, -0.2) is 8.42 Å². The lowest BCUT2D eigenvalue weighted by molar-refractivity contribution is 0.0640. The maximum absolute atomic E-state index is 12.3. The monoisotopic (exact) mass is 288 g/mol. The average Bonchev–Trinajstić information content (AvgIpc) is 2.26. The highest BCUT2D eigenvalue weighted by Crippen LogP contribution is 2.26. The Bertz CT molecular complexity index is 549. The number of anilines is 1. The number of methoxy groups -OCH3 is 1. The van der Waals surface area contributed by atoms with E-state index in [1.807, 2.05) is 0 Å². The van der Waals surface area contributed by atoms with Gasteiger partial charge in [-0.15, -0.1) is 0 Å². The maximum atomic E-state index is 12.3. The zero-order chi connectivity index (χ0) is 14.8. The molecule has 0 heterocycles.